The van der Waals surface area contributed by atoms with Crippen molar-refractivity contribution in [2.75, 3.05) is 26.2 Å². The molecule has 3 aliphatic rings. The minimum atomic E-state index is -4.86. The average Bonchev–Trinajstić information content (AvgIpc) is 3.46. The number of carbonyl (C=O) groups is 1. The Bertz CT molecular complexity index is 779. The van der Waals surface area contributed by atoms with E-state index < -0.39 is 18.1 Å². The quantitative estimate of drug-likeness (QED) is 0.817. The number of benzene rings is 1. The Labute approximate surface area is 168 Å². The van der Waals surface area contributed by atoms with E-state index in [1.165, 1.54) is 0 Å². The van der Waals surface area contributed by atoms with Crippen LogP contribution in [-0.2, 0) is 4.79 Å². The first kappa shape index (κ1) is 20.2. The number of carbonyl (C=O) groups excluding carboxylic acids is 1. The van der Waals surface area contributed by atoms with Crippen molar-refractivity contribution in [1.82, 2.24) is 15.1 Å². The number of alkyl halides is 3. The van der Waals surface area contributed by atoms with Gasteiger partial charge in [0.15, 0.2) is 0 Å². The number of rotatable bonds is 5. The Kier molecular flexibility index (Phi) is 5.30. The molecule has 2 atom stereocenters. The lowest BCUT2D eigenvalue weighted by molar-refractivity contribution is -0.190. The van der Waals surface area contributed by atoms with Gasteiger partial charge < -0.3 is 10.2 Å². The topological polar surface area (TPSA) is 59.4 Å². The van der Waals surface area contributed by atoms with Gasteiger partial charge in [-0.05, 0) is 24.8 Å². The van der Waals surface area contributed by atoms with E-state index in [2.05, 4.69) is 16.3 Å². The lowest BCUT2D eigenvalue weighted by Gasteiger charge is -2.52. The van der Waals surface area contributed by atoms with Crippen LogP contribution in [0.15, 0.2) is 30.3 Å². The standard InChI is InChI=1S/C21H25F3N4O/c22-21(23,24)19(29)28(18-12-17(18)15-4-2-1-3-5-15)16-6-10-27(11-7-16)20(8-9-25)13-26-14-20/h1-5,16-18,26H,6-8,10-14H2. The molecule has 0 aromatic heterocycles. The van der Waals surface area contributed by atoms with Gasteiger partial charge in [-0.15, -0.1) is 0 Å². The highest BCUT2D eigenvalue weighted by molar-refractivity contribution is 5.83. The van der Waals surface area contributed by atoms with Gasteiger partial charge in [-0.3, -0.25) is 9.69 Å². The summed E-state index contributed by atoms with van der Waals surface area (Å²) in [5.41, 5.74) is 0.786. The fourth-order valence-electron chi connectivity index (χ4n) is 4.92. The highest BCUT2D eigenvalue weighted by Gasteiger charge is 2.54. The normalized spacial score (nSPS) is 27.0. The summed E-state index contributed by atoms with van der Waals surface area (Å²) in [7, 11) is 0. The number of nitrogens with one attached hydrogen (secondary N) is 1. The number of halogens is 3. The number of likely N-dealkylation sites (tertiary alicyclic amines) is 1. The zero-order valence-electron chi connectivity index (χ0n) is 16.2. The number of hydrogen-bond donors (Lipinski definition) is 1. The number of nitriles is 1. The molecular formula is C21H25F3N4O. The second-order valence-corrected chi connectivity index (χ2v) is 8.41. The first-order valence-electron chi connectivity index (χ1n) is 10.1. The third-order valence-corrected chi connectivity index (χ3v) is 6.66. The van der Waals surface area contributed by atoms with E-state index in [0.717, 1.165) is 23.6 Å². The molecule has 2 heterocycles. The summed E-state index contributed by atoms with van der Waals surface area (Å²) in [5.74, 6) is -1.74. The zero-order valence-corrected chi connectivity index (χ0v) is 16.2. The van der Waals surface area contributed by atoms with E-state index in [9.17, 15) is 18.0 Å². The summed E-state index contributed by atoms with van der Waals surface area (Å²) in [6, 6.07) is 10.9. The Morgan fingerprint density at radius 3 is 2.41 bits per heavy atom. The molecule has 0 spiro atoms. The van der Waals surface area contributed by atoms with E-state index in [-0.39, 0.29) is 17.5 Å². The monoisotopic (exact) mass is 406 g/mol. The maximum Gasteiger partial charge on any atom is 0.471 e. The van der Waals surface area contributed by atoms with E-state index in [1.807, 2.05) is 30.3 Å². The molecule has 0 radical (unpaired) electrons. The van der Waals surface area contributed by atoms with Gasteiger partial charge in [-0.2, -0.15) is 18.4 Å². The summed E-state index contributed by atoms with van der Waals surface area (Å²) >= 11 is 0. The van der Waals surface area contributed by atoms with Crippen molar-refractivity contribution >= 4 is 5.91 Å². The fraction of sp³-hybridized carbons (Fsp3) is 0.619. The van der Waals surface area contributed by atoms with Gasteiger partial charge in [0.2, 0.25) is 0 Å². The van der Waals surface area contributed by atoms with Crippen molar-refractivity contribution in [3.8, 4) is 6.07 Å². The minimum Gasteiger partial charge on any atom is -0.328 e. The molecular weight excluding hydrogens is 381 g/mol. The molecule has 2 aliphatic heterocycles. The molecule has 2 unspecified atom stereocenters. The van der Waals surface area contributed by atoms with Crippen molar-refractivity contribution in [2.24, 2.45) is 0 Å². The second-order valence-electron chi connectivity index (χ2n) is 8.41. The molecule has 1 saturated carbocycles. The van der Waals surface area contributed by atoms with Crippen LogP contribution >= 0.6 is 0 Å². The molecule has 8 heteroatoms. The summed E-state index contributed by atoms with van der Waals surface area (Å²) in [6.45, 7) is 2.68. The molecule has 1 aromatic carbocycles. The van der Waals surface area contributed by atoms with Gasteiger partial charge in [0.25, 0.3) is 0 Å². The zero-order chi connectivity index (χ0) is 20.6. The molecule has 4 rings (SSSR count). The van der Waals surface area contributed by atoms with Gasteiger partial charge in [0.05, 0.1) is 18.0 Å². The van der Waals surface area contributed by atoms with Crippen LogP contribution < -0.4 is 5.32 Å². The van der Waals surface area contributed by atoms with Crippen LogP contribution in [0, 0.1) is 11.3 Å². The highest BCUT2D eigenvalue weighted by atomic mass is 19.4. The highest BCUT2D eigenvalue weighted by Crippen LogP contribution is 2.47. The molecule has 29 heavy (non-hydrogen) atoms. The number of piperidine rings is 1. The van der Waals surface area contributed by atoms with Crippen LogP contribution in [0.5, 0.6) is 0 Å². The van der Waals surface area contributed by atoms with Gasteiger partial charge in [-0.1, -0.05) is 30.3 Å². The van der Waals surface area contributed by atoms with Gasteiger partial charge in [-0.25, -0.2) is 0 Å². The van der Waals surface area contributed by atoms with Crippen LogP contribution in [-0.4, -0.2) is 65.7 Å². The second kappa shape index (κ2) is 7.62. The molecule has 0 bridgehead atoms. The van der Waals surface area contributed by atoms with Crippen molar-refractivity contribution in [3.05, 3.63) is 35.9 Å². The largest absolute Gasteiger partial charge is 0.471 e. The maximum absolute atomic E-state index is 13.4. The smallest absolute Gasteiger partial charge is 0.328 e. The fourth-order valence-corrected chi connectivity index (χ4v) is 4.92. The van der Waals surface area contributed by atoms with E-state index in [4.69, 9.17) is 5.26 Å². The Morgan fingerprint density at radius 2 is 1.90 bits per heavy atom. The lowest BCUT2D eigenvalue weighted by atomic mass is 9.84. The minimum absolute atomic E-state index is 0.0266. The molecule has 5 nitrogen and oxygen atoms in total. The Morgan fingerprint density at radius 1 is 1.24 bits per heavy atom. The average molecular weight is 406 g/mol. The van der Waals surface area contributed by atoms with Crippen molar-refractivity contribution < 1.29 is 18.0 Å². The van der Waals surface area contributed by atoms with E-state index in [0.29, 0.717) is 38.8 Å². The third kappa shape index (κ3) is 3.86. The van der Waals surface area contributed by atoms with E-state index >= 15 is 0 Å². The molecule has 3 fully saturated rings. The van der Waals surface area contributed by atoms with Gasteiger partial charge in [0.1, 0.15) is 0 Å². The van der Waals surface area contributed by atoms with Crippen LogP contribution in [0.2, 0.25) is 0 Å². The molecule has 2 saturated heterocycles. The van der Waals surface area contributed by atoms with Crippen molar-refractivity contribution in [2.45, 2.75) is 55.4 Å². The predicted molar refractivity (Wildman–Crippen MR) is 101 cm³/mol. The van der Waals surface area contributed by atoms with Crippen molar-refractivity contribution in [3.63, 3.8) is 0 Å². The first-order valence-corrected chi connectivity index (χ1v) is 10.1. The number of hydrogen-bond acceptors (Lipinski definition) is 4. The summed E-state index contributed by atoms with van der Waals surface area (Å²) in [4.78, 5) is 15.7. The van der Waals surface area contributed by atoms with E-state index in [1.54, 1.807) is 0 Å². The Hall–Kier alpha value is -2.11. The summed E-state index contributed by atoms with van der Waals surface area (Å²) < 4.78 is 40.1. The van der Waals surface area contributed by atoms with Crippen LogP contribution in [0.25, 0.3) is 0 Å². The number of nitrogens with zero attached hydrogens (tertiary/aromatic N) is 3. The lowest BCUT2D eigenvalue weighted by Crippen LogP contribution is -2.70. The summed E-state index contributed by atoms with van der Waals surface area (Å²) in [6.07, 6.45) is -2.86. The molecule has 156 valence electrons. The predicted octanol–water partition coefficient (Wildman–Crippen LogP) is 2.65. The maximum atomic E-state index is 13.4. The van der Waals surface area contributed by atoms with Gasteiger partial charge in [0, 0.05) is 44.2 Å². The number of amides is 1. The first-order chi connectivity index (χ1) is 13.9. The molecule has 1 amide bonds. The third-order valence-electron chi connectivity index (χ3n) is 6.66. The SMILES string of the molecule is N#CCC1(N2CCC(N(C(=O)C(F)(F)F)C3CC3c3ccccc3)CC2)CNC1. The van der Waals surface area contributed by atoms with Crippen LogP contribution in [0.4, 0.5) is 13.2 Å². The van der Waals surface area contributed by atoms with Gasteiger partial charge >= 0.3 is 12.1 Å². The molecule has 1 aromatic rings. The van der Waals surface area contributed by atoms with Crippen LogP contribution in [0.3, 0.4) is 0 Å². The molecule has 1 N–H and O–H groups in total. The van der Waals surface area contributed by atoms with Crippen LogP contribution in [0.1, 0.15) is 37.2 Å². The van der Waals surface area contributed by atoms with Crippen molar-refractivity contribution in [1.29, 1.82) is 5.26 Å². The summed E-state index contributed by atoms with van der Waals surface area (Å²) in [5, 5.41) is 12.3. The molecule has 1 aliphatic carbocycles. The Balaban J connectivity index is 1.47.